The van der Waals surface area contributed by atoms with E-state index in [9.17, 15) is 5.11 Å². The molecular formula is C19H31NO2. The van der Waals surface area contributed by atoms with Crippen LogP contribution in [0.1, 0.15) is 45.6 Å². The van der Waals surface area contributed by atoms with Crippen LogP contribution in [0.15, 0.2) is 24.3 Å². The van der Waals surface area contributed by atoms with E-state index in [2.05, 4.69) is 44.9 Å². The van der Waals surface area contributed by atoms with Crippen LogP contribution in [0.2, 0.25) is 0 Å². The summed E-state index contributed by atoms with van der Waals surface area (Å²) in [6, 6.07) is 8.64. The van der Waals surface area contributed by atoms with Crippen LogP contribution in [0.25, 0.3) is 0 Å². The van der Waals surface area contributed by atoms with Gasteiger partial charge in [-0.1, -0.05) is 39.3 Å². The highest BCUT2D eigenvalue weighted by Crippen LogP contribution is 2.46. The van der Waals surface area contributed by atoms with Crippen molar-refractivity contribution < 1.29 is 9.84 Å². The predicted octanol–water partition coefficient (Wildman–Crippen LogP) is 3.50. The van der Waals surface area contributed by atoms with Gasteiger partial charge in [-0.05, 0) is 44.0 Å². The molecule has 1 aliphatic rings. The Morgan fingerprint density at radius 2 is 1.91 bits per heavy atom. The Kier molecular flexibility index (Phi) is 5.18. The van der Waals surface area contributed by atoms with Crippen molar-refractivity contribution in [3.63, 3.8) is 0 Å². The van der Waals surface area contributed by atoms with Crippen molar-refractivity contribution in [2.45, 2.75) is 58.1 Å². The number of methoxy groups -OCH3 is 1. The van der Waals surface area contributed by atoms with Gasteiger partial charge < -0.3 is 14.7 Å². The number of piperidine rings is 1. The van der Waals surface area contributed by atoms with Crippen LogP contribution in [0.3, 0.4) is 0 Å². The second-order valence-electron chi connectivity index (χ2n) is 7.30. The Hall–Kier alpha value is -1.06. The molecule has 0 radical (unpaired) electrons. The molecule has 0 amide bonds. The second-order valence-corrected chi connectivity index (χ2v) is 7.30. The maximum atomic E-state index is 11.2. The first-order valence-corrected chi connectivity index (χ1v) is 8.39. The van der Waals surface area contributed by atoms with E-state index in [1.165, 1.54) is 5.56 Å². The number of benzene rings is 1. The zero-order chi connectivity index (χ0) is 16.4. The molecular weight excluding hydrogens is 274 g/mol. The third-order valence-electron chi connectivity index (χ3n) is 5.69. The van der Waals surface area contributed by atoms with Gasteiger partial charge in [-0.2, -0.15) is 0 Å². The van der Waals surface area contributed by atoms with E-state index >= 15 is 0 Å². The summed E-state index contributed by atoms with van der Waals surface area (Å²) < 4.78 is 5.24. The summed E-state index contributed by atoms with van der Waals surface area (Å²) in [4.78, 5) is 2.41. The van der Waals surface area contributed by atoms with Gasteiger partial charge in [0, 0.05) is 18.0 Å². The summed E-state index contributed by atoms with van der Waals surface area (Å²) in [7, 11) is 3.87. The molecule has 1 aromatic rings. The van der Waals surface area contributed by atoms with Crippen molar-refractivity contribution in [3.8, 4) is 5.75 Å². The van der Waals surface area contributed by atoms with Crippen molar-refractivity contribution in [2.75, 3.05) is 20.7 Å². The number of likely N-dealkylation sites (tertiary alicyclic amines) is 1. The number of nitrogens with zero attached hydrogens (tertiary/aromatic N) is 1. The molecule has 2 atom stereocenters. The van der Waals surface area contributed by atoms with Gasteiger partial charge in [-0.15, -0.1) is 0 Å². The summed E-state index contributed by atoms with van der Waals surface area (Å²) in [5.41, 5.74) is 0.605. The molecule has 2 unspecified atom stereocenters. The van der Waals surface area contributed by atoms with Gasteiger partial charge in [-0.25, -0.2) is 0 Å². The predicted molar refractivity (Wildman–Crippen MR) is 91.4 cm³/mol. The van der Waals surface area contributed by atoms with Crippen molar-refractivity contribution in [2.24, 2.45) is 5.41 Å². The molecule has 124 valence electrons. The lowest BCUT2D eigenvalue weighted by Crippen LogP contribution is -2.62. The van der Waals surface area contributed by atoms with Crippen LogP contribution in [0.5, 0.6) is 5.75 Å². The first kappa shape index (κ1) is 17.3. The summed E-state index contributed by atoms with van der Waals surface area (Å²) in [5.74, 6) is 0.891. The molecule has 3 heteroatoms. The molecule has 3 nitrogen and oxygen atoms in total. The maximum absolute atomic E-state index is 11.2. The molecule has 0 aromatic heterocycles. The molecule has 0 aliphatic carbocycles. The number of likely N-dealkylation sites (N-methyl/N-ethyl adjacent to an activating group) is 1. The highest BCUT2D eigenvalue weighted by Gasteiger charge is 2.51. The highest BCUT2D eigenvalue weighted by molar-refractivity contribution is 5.28. The second kappa shape index (κ2) is 6.59. The minimum Gasteiger partial charge on any atom is -0.497 e. The van der Waals surface area contributed by atoms with E-state index in [1.54, 1.807) is 7.11 Å². The Morgan fingerprint density at radius 3 is 2.45 bits per heavy atom. The molecule has 1 aliphatic heterocycles. The molecule has 1 N–H and O–H groups in total. The highest BCUT2D eigenvalue weighted by atomic mass is 16.5. The van der Waals surface area contributed by atoms with Gasteiger partial charge in [0.05, 0.1) is 12.7 Å². The van der Waals surface area contributed by atoms with Crippen molar-refractivity contribution >= 4 is 0 Å². The first-order chi connectivity index (χ1) is 10.3. The van der Waals surface area contributed by atoms with E-state index in [1.807, 2.05) is 12.1 Å². The Balaban J connectivity index is 2.22. The first-order valence-electron chi connectivity index (χ1n) is 8.39. The quantitative estimate of drug-likeness (QED) is 0.904. The van der Waals surface area contributed by atoms with Gasteiger partial charge in [0.25, 0.3) is 0 Å². The van der Waals surface area contributed by atoms with Gasteiger partial charge in [-0.3, -0.25) is 0 Å². The molecule has 1 saturated heterocycles. The minimum atomic E-state index is -0.564. The van der Waals surface area contributed by atoms with E-state index in [0.29, 0.717) is 6.04 Å². The smallest absolute Gasteiger partial charge is 0.118 e. The lowest BCUT2D eigenvalue weighted by Gasteiger charge is -2.55. The maximum Gasteiger partial charge on any atom is 0.118 e. The zero-order valence-corrected chi connectivity index (χ0v) is 14.7. The number of aliphatic hydroxyl groups is 1. The number of rotatable bonds is 5. The summed E-state index contributed by atoms with van der Waals surface area (Å²) in [6.07, 6.45) is 3.73. The Labute approximate surface area is 135 Å². The lowest BCUT2D eigenvalue weighted by atomic mass is 9.62. The largest absolute Gasteiger partial charge is 0.497 e. The van der Waals surface area contributed by atoms with E-state index in [4.69, 9.17) is 4.74 Å². The third-order valence-corrected chi connectivity index (χ3v) is 5.69. The van der Waals surface area contributed by atoms with Gasteiger partial charge >= 0.3 is 0 Å². The molecule has 1 aromatic carbocycles. The molecule has 2 rings (SSSR count). The van der Waals surface area contributed by atoms with Crippen LogP contribution in [0, 0.1) is 5.41 Å². The SMILES string of the molecule is CCCC1(O)CCN(C)C(Cc2ccc(OC)cc2)C1(C)C. The summed E-state index contributed by atoms with van der Waals surface area (Å²) >= 11 is 0. The average Bonchev–Trinajstić information content (AvgIpc) is 2.49. The van der Waals surface area contributed by atoms with Crippen LogP contribution in [-0.4, -0.2) is 42.4 Å². The number of ether oxygens (including phenoxy) is 1. The zero-order valence-electron chi connectivity index (χ0n) is 14.7. The molecule has 22 heavy (non-hydrogen) atoms. The van der Waals surface area contributed by atoms with Crippen molar-refractivity contribution in [1.82, 2.24) is 4.90 Å². The lowest BCUT2D eigenvalue weighted by molar-refractivity contribution is -0.148. The Bertz CT molecular complexity index is 483. The number of hydrogen-bond donors (Lipinski definition) is 1. The van der Waals surface area contributed by atoms with Crippen LogP contribution < -0.4 is 4.74 Å². The van der Waals surface area contributed by atoms with Crippen molar-refractivity contribution in [1.29, 1.82) is 0 Å². The van der Waals surface area contributed by atoms with Crippen LogP contribution in [-0.2, 0) is 6.42 Å². The average molecular weight is 305 g/mol. The fraction of sp³-hybridized carbons (Fsp3) is 0.684. The fourth-order valence-electron chi connectivity index (χ4n) is 3.96. The standard InChI is InChI=1S/C19H31NO2/c1-6-11-19(21)12-13-20(4)17(18(19,2)3)14-15-7-9-16(22-5)10-8-15/h7-10,17,21H,6,11-14H2,1-5H3. The van der Waals surface area contributed by atoms with E-state index in [0.717, 1.165) is 38.0 Å². The molecule has 1 heterocycles. The third kappa shape index (κ3) is 3.16. The van der Waals surface area contributed by atoms with Gasteiger partial charge in [0.2, 0.25) is 0 Å². The summed E-state index contributed by atoms with van der Waals surface area (Å²) in [6.45, 7) is 7.57. The normalized spacial score (nSPS) is 28.5. The Morgan fingerprint density at radius 1 is 1.27 bits per heavy atom. The molecule has 0 bridgehead atoms. The molecule has 0 spiro atoms. The summed E-state index contributed by atoms with van der Waals surface area (Å²) in [5, 5.41) is 11.2. The van der Waals surface area contributed by atoms with Crippen molar-refractivity contribution in [3.05, 3.63) is 29.8 Å². The fourth-order valence-corrected chi connectivity index (χ4v) is 3.96. The topological polar surface area (TPSA) is 32.7 Å². The van der Waals surface area contributed by atoms with Crippen LogP contribution in [0.4, 0.5) is 0 Å². The minimum absolute atomic E-state index is 0.129. The van der Waals surface area contributed by atoms with Crippen LogP contribution >= 0.6 is 0 Å². The number of hydrogen-bond acceptors (Lipinski definition) is 3. The van der Waals surface area contributed by atoms with Gasteiger partial charge in [0.15, 0.2) is 0 Å². The molecule has 1 fully saturated rings. The van der Waals surface area contributed by atoms with E-state index < -0.39 is 5.60 Å². The van der Waals surface area contributed by atoms with Gasteiger partial charge in [0.1, 0.15) is 5.75 Å². The monoisotopic (exact) mass is 305 g/mol. The van der Waals surface area contributed by atoms with E-state index in [-0.39, 0.29) is 5.41 Å². The molecule has 0 saturated carbocycles.